The first-order chi connectivity index (χ1) is 14.3. The minimum atomic E-state index is -1.000. The number of amides is 2. The molecule has 0 bridgehead atoms. The summed E-state index contributed by atoms with van der Waals surface area (Å²) < 4.78 is 51.4. The Morgan fingerprint density at radius 3 is 2.53 bits per heavy atom. The summed E-state index contributed by atoms with van der Waals surface area (Å²) in [5.74, 6) is -3.25. The Hall–Kier alpha value is -3.49. The maximum absolute atomic E-state index is 13.9. The second kappa shape index (κ2) is 8.89. The van der Waals surface area contributed by atoms with Gasteiger partial charge in [-0.25, -0.2) is 22.8 Å². The van der Waals surface area contributed by atoms with Gasteiger partial charge < -0.3 is 14.8 Å². The summed E-state index contributed by atoms with van der Waals surface area (Å²) in [5, 5.41) is 2.63. The van der Waals surface area contributed by atoms with Crippen molar-refractivity contribution in [1.82, 2.24) is 10.2 Å². The van der Waals surface area contributed by atoms with Crippen LogP contribution in [-0.2, 0) is 9.53 Å². The predicted molar refractivity (Wildman–Crippen MR) is 101 cm³/mol. The lowest BCUT2D eigenvalue weighted by atomic mass is 9.94. The van der Waals surface area contributed by atoms with Gasteiger partial charge in [-0.15, -0.1) is 0 Å². The number of nitrogens with zero attached hydrogens (tertiary/aromatic N) is 1. The maximum atomic E-state index is 13.9. The Morgan fingerprint density at radius 2 is 1.87 bits per heavy atom. The Balaban J connectivity index is 2.04. The molecular weight excluding hydrogens is 401 g/mol. The molecule has 0 saturated heterocycles. The van der Waals surface area contributed by atoms with E-state index in [9.17, 15) is 22.8 Å². The first-order valence-corrected chi connectivity index (χ1v) is 9.09. The molecule has 0 radical (unpaired) electrons. The number of hydrogen-bond acceptors (Lipinski definition) is 4. The molecular formula is C21H19F3N2O4. The number of ether oxygens (including phenoxy) is 2. The molecule has 0 aromatic heterocycles. The fraction of sp³-hybridized carbons (Fsp3) is 0.238. The van der Waals surface area contributed by atoms with Gasteiger partial charge in [0, 0.05) is 13.1 Å². The normalized spacial score (nSPS) is 16.4. The number of benzene rings is 2. The lowest BCUT2D eigenvalue weighted by molar-refractivity contribution is -0.139. The highest BCUT2D eigenvalue weighted by molar-refractivity contribution is 5.95. The summed E-state index contributed by atoms with van der Waals surface area (Å²) in [6.45, 7) is 1.30. The van der Waals surface area contributed by atoms with Gasteiger partial charge in [0.05, 0.1) is 23.9 Å². The van der Waals surface area contributed by atoms with Crippen LogP contribution in [0.15, 0.2) is 53.7 Å². The average molecular weight is 420 g/mol. The molecule has 1 aliphatic heterocycles. The second-order valence-electron chi connectivity index (χ2n) is 6.44. The van der Waals surface area contributed by atoms with E-state index in [4.69, 9.17) is 9.47 Å². The average Bonchev–Trinajstić information content (AvgIpc) is 2.70. The third-order valence-corrected chi connectivity index (χ3v) is 4.51. The van der Waals surface area contributed by atoms with E-state index in [1.54, 1.807) is 13.0 Å². The summed E-state index contributed by atoms with van der Waals surface area (Å²) >= 11 is 0. The summed E-state index contributed by atoms with van der Waals surface area (Å²) in [7, 11) is 1.40. The van der Waals surface area contributed by atoms with E-state index in [2.05, 4.69) is 5.32 Å². The highest BCUT2D eigenvalue weighted by atomic mass is 19.1. The first kappa shape index (κ1) is 21.2. The lowest BCUT2D eigenvalue weighted by Gasteiger charge is -2.34. The summed E-state index contributed by atoms with van der Waals surface area (Å²) in [6, 6.07) is 6.62. The van der Waals surface area contributed by atoms with Crippen LogP contribution in [0.5, 0.6) is 5.75 Å². The highest BCUT2D eigenvalue weighted by Gasteiger charge is 2.37. The largest absolute Gasteiger partial charge is 0.484 e. The van der Waals surface area contributed by atoms with Crippen molar-refractivity contribution in [3.63, 3.8) is 0 Å². The van der Waals surface area contributed by atoms with Crippen LogP contribution in [0.1, 0.15) is 18.5 Å². The molecule has 3 rings (SSSR count). The molecule has 158 valence electrons. The molecule has 0 fully saturated rings. The molecule has 0 saturated carbocycles. The maximum Gasteiger partial charge on any atom is 0.338 e. The van der Waals surface area contributed by atoms with E-state index in [0.29, 0.717) is 11.6 Å². The zero-order valence-electron chi connectivity index (χ0n) is 16.2. The quantitative estimate of drug-likeness (QED) is 0.724. The number of carbonyl (C=O) groups excluding carboxylic acids is 2. The Bertz CT molecular complexity index is 1010. The molecule has 30 heavy (non-hydrogen) atoms. The smallest absolute Gasteiger partial charge is 0.338 e. The Morgan fingerprint density at radius 1 is 1.13 bits per heavy atom. The van der Waals surface area contributed by atoms with Crippen molar-refractivity contribution >= 4 is 12.0 Å². The van der Waals surface area contributed by atoms with Crippen LogP contribution in [0.4, 0.5) is 18.0 Å². The minimum Gasteiger partial charge on any atom is -0.484 e. The van der Waals surface area contributed by atoms with Crippen molar-refractivity contribution in [2.45, 2.75) is 13.0 Å². The van der Waals surface area contributed by atoms with E-state index < -0.39 is 35.5 Å². The molecule has 1 N–H and O–H groups in total. The van der Waals surface area contributed by atoms with Gasteiger partial charge in [0.1, 0.15) is 18.2 Å². The number of hydrogen-bond donors (Lipinski definition) is 1. The number of urea groups is 1. The highest BCUT2D eigenvalue weighted by Crippen LogP contribution is 2.32. The van der Waals surface area contributed by atoms with Crippen LogP contribution < -0.4 is 10.1 Å². The number of carbonyl (C=O) groups is 2. The fourth-order valence-corrected chi connectivity index (χ4v) is 3.06. The lowest BCUT2D eigenvalue weighted by Crippen LogP contribution is -2.48. The van der Waals surface area contributed by atoms with Gasteiger partial charge in [0.25, 0.3) is 0 Å². The van der Waals surface area contributed by atoms with Crippen LogP contribution >= 0.6 is 0 Å². The Kier molecular flexibility index (Phi) is 6.29. The molecule has 0 aliphatic carbocycles. The molecule has 2 aromatic rings. The summed E-state index contributed by atoms with van der Waals surface area (Å²) in [5.41, 5.74) is 0.451. The molecule has 6 nitrogen and oxygen atoms in total. The van der Waals surface area contributed by atoms with E-state index in [-0.39, 0.29) is 30.2 Å². The van der Waals surface area contributed by atoms with Crippen molar-refractivity contribution in [1.29, 1.82) is 0 Å². The molecule has 1 atom stereocenters. The van der Waals surface area contributed by atoms with Crippen LogP contribution in [0.2, 0.25) is 0 Å². The van der Waals surface area contributed by atoms with Crippen molar-refractivity contribution in [2.24, 2.45) is 0 Å². The van der Waals surface area contributed by atoms with Crippen molar-refractivity contribution in [3.05, 3.63) is 76.7 Å². The number of rotatable bonds is 6. The van der Waals surface area contributed by atoms with E-state index in [1.165, 1.54) is 25.2 Å². The first-order valence-electron chi connectivity index (χ1n) is 9.09. The molecule has 1 heterocycles. The van der Waals surface area contributed by atoms with Gasteiger partial charge in [0.15, 0.2) is 11.6 Å². The number of halogens is 3. The number of likely N-dealkylation sites (N-methyl/N-ethyl adjacent to an activating group) is 1. The van der Waals surface area contributed by atoms with Gasteiger partial charge in [-0.2, -0.15) is 0 Å². The zero-order valence-corrected chi connectivity index (χ0v) is 16.2. The van der Waals surface area contributed by atoms with E-state index in [0.717, 1.165) is 17.0 Å². The molecule has 2 aromatic carbocycles. The van der Waals surface area contributed by atoms with Gasteiger partial charge in [-0.1, -0.05) is 12.1 Å². The van der Waals surface area contributed by atoms with Crippen LogP contribution in [0, 0.1) is 17.5 Å². The van der Waals surface area contributed by atoms with Crippen LogP contribution in [-0.4, -0.2) is 37.2 Å². The summed E-state index contributed by atoms with van der Waals surface area (Å²) in [6.07, 6.45) is 0. The molecule has 0 unspecified atom stereocenters. The molecule has 9 heteroatoms. The van der Waals surface area contributed by atoms with Crippen LogP contribution in [0.3, 0.4) is 0 Å². The van der Waals surface area contributed by atoms with Crippen molar-refractivity contribution in [3.8, 4) is 5.75 Å². The van der Waals surface area contributed by atoms with E-state index >= 15 is 0 Å². The SMILES string of the molecule is CCOC(=O)C1=C(COc2ccc(F)cc2F)N(C)C(=O)N[C@@H]1c1cccc(F)c1. The fourth-order valence-electron chi connectivity index (χ4n) is 3.06. The predicted octanol–water partition coefficient (Wildman–Crippen LogP) is 3.70. The van der Waals surface area contributed by atoms with E-state index in [1.807, 2.05) is 0 Å². The topological polar surface area (TPSA) is 67.9 Å². The molecule has 0 spiro atoms. The summed E-state index contributed by atoms with van der Waals surface area (Å²) in [4.78, 5) is 26.3. The monoisotopic (exact) mass is 420 g/mol. The third kappa shape index (κ3) is 4.40. The van der Waals surface area contributed by atoms with Crippen molar-refractivity contribution in [2.75, 3.05) is 20.3 Å². The van der Waals surface area contributed by atoms with Gasteiger partial charge in [0.2, 0.25) is 0 Å². The Labute approximate surface area is 170 Å². The molecule has 2 amide bonds. The standard InChI is InChI=1S/C21H19F3N2O4/c1-3-29-20(27)18-16(11-30-17-8-7-14(23)10-15(17)24)26(2)21(28)25-19(18)12-5-4-6-13(22)9-12/h4-10,19H,3,11H2,1-2H3,(H,25,28)/t19-/m1/s1. The van der Waals surface area contributed by atoms with Gasteiger partial charge in [-0.05, 0) is 36.8 Å². The van der Waals surface area contributed by atoms with Gasteiger partial charge in [-0.3, -0.25) is 4.90 Å². The molecule has 1 aliphatic rings. The second-order valence-corrected chi connectivity index (χ2v) is 6.44. The zero-order chi connectivity index (χ0) is 21.8. The van der Waals surface area contributed by atoms with Crippen LogP contribution in [0.25, 0.3) is 0 Å². The van der Waals surface area contributed by atoms with Crippen molar-refractivity contribution < 1.29 is 32.2 Å². The number of esters is 1. The van der Waals surface area contributed by atoms with Gasteiger partial charge >= 0.3 is 12.0 Å². The number of nitrogens with one attached hydrogen (secondary N) is 1. The minimum absolute atomic E-state index is 0.0204. The third-order valence-electron chi connectivity index (χ3n) is 4.51.